The Bertz CT molecular complexity index is 521. The number of para-hydroxylation sites is 1. The summed E-state index contributed by atoms with van der Waals surface area (Å²) >= 11 is 0. The lowest BCUT2D eigenvalue weighted by Gasteiger charge is -2.32. The van der Waals surface area contributed by atoms with Crippen molar-refractivity contribution in [1.82, 2.24) is 4.90 Å². The lowest BCUT2D eigenvalue weighted by Crippen LogP contribution is -2.45. The van der Waals surface area contributed by atoms with E-state index in [1.807, 2.05) is 31.2 Å². The van der Waals surface area contributed by atoms with Gasteiger partial charge < -0.3 is 14.7 Å². The molecule has 114 valence electrons. The van der Waals surface area contributed by atoms with Gasteiger partial charge in [-0.05, 0) is 38.3 Å². The number of nitrogens with zero attached hydrogens (tertiary/aromatic N) is 1. The average molecular weight is 291 g/mol. The number of aliphatic carboxylic acids is 1. The number of ether oxygens (including phenoxy) is 1. The van der Waals surface area contributed by atoms with Crippen molar-refractivity contribution >= 4 is 11.9 Å². The summed E-state index contributed by atoms with van der Waals surface area (Å²) in [4.78, 5) is 25.0. The van der Waals surface area contributed by atoms with Gasteiger partial charge >= 0.3 is 5.97 Å². The summed E-state index contributed by atoms with van der Waals surface area (Å²) in [5, 5.41) is 8.97. The maximum absolute atomic E-state index is 12.3. The highest BCUT2D eigenvalue weighted by atomic mass is 16.5. The number of hydrogen-bond acceptors (Lipinski definition) is 3. The number of aryl methyl sites for hydroxylation is 1. The molecule has 2 rings (SSSR count). The summed E-state index contributed by atoms with van der Waals surface area (Å²) in [5.41, 5.74) is 0.988. The maximum atomic E-state index is 12.3. The van der Waals surface area contributed by atoms with Crippen LogP contribution in [-0.4, -0.2) is 41.1 Å². The van der Waals surface area contributed by atoms with Crippen LogP contribution in [0.3, 0.4) is 0 Å². The van der Waals surface area contributed by atoms with E-state index in [0.29, 0.717) is 31.7 Å². The SMILES string of the molecule is Cc1ccccc1OC(C)C(=O)N1CCC(C(=O)O)CC1. The Morgan fingerprint density at radius 3 is 2.48 bits per heavy atom. The second-order valence-corrected chi connectivity index (χ2v) is 5.46. The summed E-state index contributed by atoms with van der Waals surface area (Å²) in [6.07, 6.45) is 0.462. The van der Waals surface area contributed by atoms with E-state index in [0.717, 1.165) is 5.56 Å². The Hall–Kier alpha value is -2.04. The predicted octanol–water partition coefficient (Wildman–Crippen LogP) is 2.09. The zero-order valence-electron chi connectivity index (χ0n) is 12.4. The van der Waals surface area contributed by atoms with Gasteiger partial charge in [0.15, 0.2) is 6.10 Å². The molecule has 1 atom stereocenters. The van der Waals surface area contributed by atoms with Gasteiger partial charge in [-0.15, -0.1) is 0 Å². The van der Waals surface area contributed by atoms with Crippen LogP contribution < -0.4 is 4.74 Å². The van der Waals surface area contributed by atoms with Gasteiger partial charge in [0.05, 0.1) is 5.92 Å². The minimum Gasteiger partial charge on any atom is -0.481 e. The van der Waals surface area contributed by atoms with Crippen molar-refractivity contribution in [1.29, 1.82) is 0 Å². The Balaban J connectivity index is 1.92. The van der Waals surface area contributed by atoms with E-state index in [9.17, 15) is 9.59 Å². The van der Waals surface area contributed by atoms with Crippen LogP contribution in [0.2, 0.25) is 0 Å². The van der Waals surface area contributed by atoms with E-state index in [4.69, 9.17) is 9.84 Å². The quantitative estimate of drug-likeness (QED) is 0.922. The van der Waals surface area contributed by atoms with E-state index in [1.54, 1.807) is 11.8 Å². The van der Waals surface area contributed by atoms with Crippen LogP contribution in [0.25, 0.3) is 0 Å². The number of piperidine rings is 1. The lowest BCUT2D eigenvalue weighted by molar-refractivity contribution is -0.147. The number of rotatable bonds is 4. The first-order valence-corrected chi connectivity index (χ1v) is 7.23. The van der Waals surface area contributed by atoms with Gasteiger partial charge in [0.25, 0.3) is 5.91 Å². The molecule has 0 spiro atoms. The summed E-state index contributed by atoms with van der Waals surface area (Å²) in [6.45, 7) is 4.64. The summed E-state index contributed by atoms with van der Waals surface area (Å²) in [6, 6.07) is 7.57. The van der Waals surface area contributed by atoms with Crippen LogP contribution in [0.4, 0.5) is 0 Å². The molecular weight excluding hydrogens is 270 g/mol. The molecule has 1 N–H and O–H groups in total. The van der Waals surface area contributed by atoms with Crippen LogP contribution in [0.5, 0.6) is 5.75 Å². The monoisotopic (exact) mass is 291 g/mol. The molecule has 1 unspecified atom stereocenters. The number of carbonyl (C=O) groups is 2. The van der Waals surface area contributed by atoms with Gasteiger partial charge in [0, 0.05) is 13.1 Å². The van der Waals surface area contributed by atoms with Crippen LogP contribution >= 0.6 is 0 Å². The maximum Gasteiger partial charge on any atom is 0.306 e. The molecule has 0 saturated carbocycles. The average Bonchev–Trinajstić information content (AvgIpc) is 2.49. The van der Waals surface area contributed by atoms with E-state index in [1.165, 1.54) is 0 Å². The van der Waals surface area contributed by atoms with E-state index < -0.39 is 12.1 Å². The first-order valence-electron chi connectivity index (χ1n) is 7.23. The molecule has 1 aliphatic rings. The van der Waals surface area contributed by atoms with Gasteiger partial charge in [-0.1, -0.05) is 18.2 Å². The molecule has 1 amide bonds. The molecule has 1 aromatic carbocycles. The fourth-order valence-electron chi connectivity index (χ4n) is 2.53. The predicted molar refractivity (Wildman–Crippen MR) is 78.2 cm³/mol. The number of hydrogen-bond donors (Lipinski definition) is 1. The summed E-state index contributed by atoms with van der Waals surface area (Å²) < 4.78 is 5.73. The minimum atomic E-state index is -0.772. The molecule has 0 aromatic heterocycles. The highest BCUT2D eigenvalue weighted by Gasteiger charge is 2.29. The molecule has 0 bridgehead atoms. The van der Waals surface area contributed by atoms with Gasteiger partial charge in [-0.25, -0.2) is 0 Å². The van der Waals surface area contributed by atoms with Crippen LogP contribution in [-0.2, 0) is 9.59 Å². The lowest BCUT2D eigenvalue weighted by atomic mass is 9.97. The third-order valence-corrected chi connectivity index (χ3v) is 3.90. The van der Waals surface area contributed by atoms with Crippen molar-refractivity contribution in [2.75, 3.05) is 13.1 Å². The smallest absolute Gasteiger partial charge is 0.306 e. The number of carbonyl (C=O) groups excluding carboxylic acids is 1. The summed E-state index contributed by atoms with van der Waals surface area (Å²) in [5.74, 6) is -0.478. The van der Waals surface area contributed by atoms with Crippen molar-refractivity contribution in [2.45, 2.75) is 32.8 Å². The number of carboxylic acid groups (broad SMARTS) is 1. The number of benzene rings is 1. The van der Waals surface area contributed by atoms with Gasteiger partial charge in [0.1, 0.15) is 5.75 Å². The molecule has 1 aliphatic heterocycles. The largest absolute Gasteiger partial charge is 0.481 e. The summed E-state index contributed by atoms with van der Waals surface area (Å²) in [7, 11) is 0. The Kier molecular flexibility index (Phi) is 4.83. The number of likely N-dealkylation sites (tertiary alicyclic amines) is 1. The van der Waals surface area contributed by atoms with Crippen molar-refractivity contribution < 1.29 is 19.4 Å². The topological polar surface area (TPSA) is 66.8 Å². The minimum absolute atomic E-state index is 0.0814. The molecule has 5 nitrogen and oxygen atoms in total. The highest BCUT2D eigenvalue weighted by molar-refractivity contribution is 5.81. The van der Waals surface area contributed by atoms with Crippen molar-refractivity contribution in [3.8, 4) is 5.75 Å². The van der Waals surface area contributed by atoms with Crippen molar-refractivity contribution in [3.05, 3.63) is 29.8 Å². The van der Waals surface area contributed by atoms with Gasteiger partial charge in [-0.2, -0.15) is 0 Å². The second kappa shape index (κ2) is 6.61. The molecule has 1 heterocycles. The zero-order valence-corrected chi connectivity index (χ0v) is 12.4. The van der Waals surface area contributed by atoms with Crippen LogP contribution in [0.1, 0.15) is 25.3 Å². The van der Waals surface area contributed by atoms with E-state index >= 15 is 0 Å². The molecule has 5 heteroatoms. The molecule has 0 radical (unpaired) electrons. The first kappa shape index (κ1) is 15.4. The molecule has 21 heavy (non-hydrogen) atoms. The first-order chi connectivity index (χ1) is 9.99. The number of carboxylic acids is 1. The fourth-order valence-corrected chi connectivity index (χ4v) is 2.53. The van der Waals surface area contributed by atoms with Crippen LogP contribution in [0.15, 0.2) is 24.3 Å². The standard InChI is InChI=1S/C16H21NO4/c1-11-5-3-4-6-14(11)21-12(2)15(18)17-9-7-13(8-10-17)16(19)20/h3-6,12-13H,7-10H2,1-2H3,(H,19,20). The van der Waals surface area contributed by atoms with E-state index in [-0.39, 0.29) is 11.8 Å². The molecule has 1 aromatic rings. The van der Waals surface area contributed by atoms with Crippen molar-refractivity contribution in [2.24, 2.45) is 5.92 Å². The second-order valence-electron chi connectivity index (χ2n) is 5.46. The third-order valence-electron chi connectivity index (χ3n) is 3.90. The van der Waals surface area contributed by atoms with Gasteiger partial charge in [0.2, 0.25) is 0 Å². The van der Waals surface area contributed by atoms with E-state index in [2.05, 4.69) is 0 Å². The fraction of sp³-hybridized carbons (Fsp3) is 0.500. The normalized spacial score (nSPS) is 17.3. The Labute approximate surface area is 124 Å². The Morgan fingerprint density at radius 1 is 1.29 bits per heavy atom. The molecule has 0 aliphatic carbocycles. The third kappa shape index (κ3) is 3.74. The molecule has 1 saturated heterocycles. The van der Waals surface area contributed by atoms with Crippen molar-refractivity contribution in [3.63, 3.8) is 0 Å². The highest BCUT2D eigenvalue weighted by Crippen LogP contribution is 2.21. The molecular formula is C16H21NO4. The number of amides is 1. The zero-order chi connectivity index (χ0) is 15.4. The molecule has 1 fully saturated rings. The Morgan fingerprint density at radius 2 is 1.90 bits per heavy atom. The van der Waals surface area contributed by atoms with Crippen LogP contribution in [0, 0.1) is 12.8 Å². The van der Waals surface area contributed by atoms with Gasteiger partial charge in [-0.3, -0.25) is 9.59 Å².